The number of carbonyl (C=O) groups is 1. The van der Waals surface area contributed by atoms with Crippen molar-refractivity contribution in [3.05, 3.63) is 94.5 Å². The van der Waals surface area contributed by atoms with E-state index in [-0.39, 0.29) is 10.8 Å². The van der Waals surface area contributed by atoms with Crippen LogP contribution in [0.5, 0.6) is 0 Å². The monoisotopic (exact) mass is 446 g/mol. The van der Waals surface area contributed by atoms with E-state index in [1.807, 2.05) is 0 Å². The standard InChI is InChI=1S/C21H16Cl2N2O3S/c22-16-8-5-15(6-9-16)7-14-21(26)24-17-10-12-18(13-11-17)29(27,28)25-20-4-2-1-3-19(20)23/h1-14,25H,(H,24,26)/b14-7+. The van der Waals surface area contributed by atoms with Crippen LogP contribution >= 0.6 is 23.2 Å². The third kappa shape index (κ3) is 5.84. The Kier molecular flexibility index (Phi) is 6.59. The molecule has 148 valence electrons. The van der Waals surface area contributed by atoms with Gasteiger partial charge in [0.05, 0.1) is 15.6 Å². The summed E-state index contributed by atoms with van der Waals surface area (Å²) in [6.07, 6.45) is 3.03. The zero-order valence-corrected chi connectivity index (χ0v) is 17.3. The number of hydrogen-bond acceptors (Lipinski definition) is 3. The fraction of sp³-hybridized carbons (Fsp3) is 0. The van der Waals surface area contributed by atoms with E-state index in [9.17, 15) is 13.2 Å². The number of para-hydroxylation sites is 1. The molecule has 0 saturated carbocycles. The van der Waals surface area contributed by atoms with Gasteiger partial charge in [0.2, 0.25) is 5.91 Å². The molecule has 0 saturated heterocycles. The van der Waals surface area contributed by atoms with Crippen LogP contribution in [0.2, 0.25) is 10.0 Å². The van der Waals surface area contributed by atoms with Crippen LogP contribution in [-0.4, -0.2) is 14.3 Å². The van der Waals surface area contributed by atoms with Gasteiger partial charge >= 0.3 is 0 Å². The molecule has 0 aliphatic rings. The summed E-state index contributed by atoms with van der Waals surface area (Å²) in [5.41, 5.74) is 1.59. The molecule has 0 radical (unpaired) electrons. The smallest absolute Gasteiger partial charge is 0.261 e. The number of amides is 1. The van der Waals surface area contributed by atoms with Crippen molar-refractivity contribution < 1.29 is 13.2 Å². The van der Waals surface area contributed by atoms with E-state index in [1.165, 1.54) is 30.3 Å². The van der Waals surface area contributed by atoms with Crippen LogP contribution in [0.3, 0.4) is 0 Å². The molecule has 0 aliphatic heterocycles. The first-order valence-corrected chi connectivity index (χ1v) is 10.7. The number of halogens is 2. The van der Waals surface area contributed by atoms with Gasteiger partial charge in [-0.1, -0.05) is 47.5 Å². The fourth-order valence-electron chi connectivity index (χ4n) is 2.39. The summed E-state index contributed by atoms with van der Waals surface area (Å²) in [6, 6.07) is 19.4. The van der Waals surface area contributed by atoms with Crippen molar-refractivity contribution in [2.24, 2.45) is 0 Å². The Morgan fingerprint density at radius 3 is 2.17 bits per heavy atom. The molecule has 3 aromatic rings. The zero-order valence-electron chi connectivity index (χ0n) is 15.0. The van der Waals surface area contributed by atoms with E-state index in [1.54, 1.807) is 54.6 Å². The first-order valence-electron chi connectivity index (χ1n) is 8.45. The molecule has 0 heterocycles. The summed E-state index contributed by atoms with van der Waals surface area (Å²) in [4.78, 5) is 12.1. The van der Waals surface area contributed by atoms with Crippen molar-refractivity contribution in [3.8, 4) is 0 Å². The molecular formula is C21H16Cl2N2O3S. The number of sulfonamides is 1. The third-order valence-corrected chi connectivity index (χ3v) is 5.81. The second-order valence-electron chi connectivity index (χ2n) is 5.98. The van der Waals surface area contributed by atoms with Crippen LogP contribution in [0.25, 0.3) is 6.08 Å². The number of carbonyl (C=O) groups excluding carboxylic acids is 1. The highest BCUT2D eigenvalue weighted by Crippen LogP contribution is 2.24. The normalized spacial score (nSPS) is 11.4. The lowest BCUT2D eigenvalue weighted by molar-refractivity contribution is -0.111. The van der Waals surface area contributed by atoms with Gasteiger partial charge in [-0.2, -0.15) is 0 Å². The van der Waals surface area contributed by atoms with Gasteiger partial charge in [0.25, 0.3) is 10.0 Å². The molecule has 0 atom stereocenters. The molecule has 8 heteroatoms. The minimum Gasteiger partial charge on any atom is -0.323 e. The van der Waals surface area contributed by atoms with Crippen molar-refractivity contribution in [1.29, 1.82) is 0 Å². The van der Waals surface area contributed by atoms with E-state index in [0.717, 1.165) is 5.56 Å². The van der Waals surface area contributed by atoms with Crippen LogP contribution < -0.4 is 10.0 Å². The lowest BCUT2D eigenvalue weighted by Gasteiger charge is -2.10. The van der Waals surface area contributed by atoms with E-state index in [2.05, 4.69) is 10.0 Å². The van der Waals surface area contributed by atoms with Crippen LogP contribution in [0, 0.1) is 0 Å². The molecule has 5 nitrogen and oxygen atoms in total. The van der Waals surface area contributed by atoms with E-state index in [0.29, 0.717) is 21.4 Å². The van der Waals surface area contributed by atoms with Crippen LogP contribution in [-0.2, 0) is 14.8 Å². The molecule has 2 N–H and O–H groups in total. The van der Waals surface area contributed by atoms with Gasteiger partial charge in [-0.3, -0.25) is 9.52 Å². The maximum atomic E-state index is 12.5. The minimum atomic E-state index is -3.80. The first-order chi connectivity index (χ1) is 13.8. The van der Waals surface area contributed by atoms with Gasteiger partial charge in [-0.25, -0.2) is 8.42 Å². The second-order valence-corrected chi connectivity index (χ2v) is 8.51. The average molecular weight is 447 g/mol. The fourth-order valence-corrected chi connectivity index (χ4v) is 3.84. The van der Waals surface area contributed by atoms with Gasteiger partial charge in [0.1, 0.15) is 0 Å². The summed E-state index contributed by atoms with van der Waals surface area (Å²) in [5, 5.41) is 3.59. The summed E-state index contributed by atoms with van der Waals surface area (Å²) in [7, 11) is -3.80. The first kappa shape index (κ1) is 20.9. The third-order valence-electron chi connectivity index (χ3n) is 3.85. The molecule has 0 fully saturated rings. The molecule has 0 spiro atoms. The molecule has 3 rings (SSSR count). The van der Waals surface area contributed by atoms with E-state index < -0.39 is 10.0 Å². The molecule has 1 amide bonds. The molecule has 0 bridgehead atoms. The molecule has 0 aliphatic carbocycles. The number of hydrogen-bond donors (Lipinski definition) is 2. The van der Waals surface area contributed by atoms with Crippen LogP contribution in [0.15, 0.2) is 83.8 Å². The van der Waals surface area contributed by atoms with Gasteiger partial charge in [0.15, 0.2) is 0 Å². The van der Waals surface area contributed by atoms with Gasteiger partial charge in [0, 0.05) is 16.8 Å². The molecule has 29 heavy (non-hydrogen) atoms. The Bertz CT molecular complexity index is 1140. The Morgan fingerprint density at radius 2 is 1.52 bits per heavy atom. The average Bonchev–Trinajstić information content (AvgIpc) is 2.70. The van der Waals surface area contributed by atoms with Crippen LogP contribution in [0.4, 0.5) is 11.4 Å². The quantitative estimate of drug-likeness (QED) is 0.494. The highest BCUT2D eigenvalue weighted by Gasteiger charge is 2.15. The lowest BCUT2D eigenvalue weighted by atomic mass is 10.2. The summed E-state index contributed by atoms with van der Waals surface area (Å²) < 4.78 is 27.4. The van der Waals surface area contributed by atoms with Gasteiger partial charge in [-0.05, 0) is 60.2 Å². The number of anilines is 2. The van der Waals surface area contributed by atoms with Gasteiger partial charge in [-0.15, -0.1) is 0 Å². The predicted octanol–water partition coefficient (Wildman–Crippen LogP) is 5.45. The van der Waals surface area contributed by atoms with E-state index in [4.69, 9.17) is 23.2 Å². The topological polar surface area (TPSA) is 75.3 Å². The molecule has 0 aromatic heterocycles. The maximum absolute atomic E-state index is 12.5. The Hall–Kier alpha value is -2.80. The largest absolute Gasteiger partial charge is 0.323 e. The Balaban J connectivity index is 1.65. The van der Waals surface area contributed by atoms with Crippen molar-refractivity contribution in [2.45, 2.75) is 4.90 Å². The Morgan fingerprint density at radius 1 is 0.862 bits per heavy atom. The summed E-state index contributed by atoms with van der Waals surface area (Å²) in [5.74, 6) is -0.343. The zero-order chi connectivity index (χ0) is 20.9. The summed E-state index contributed by atoms with van der Waals surface area (Å²) >= 11 is 11.8. The maximum Gasteiger partial charge on any atom is 0.261 e. The van der Waals surface area contributed by atoms with Crippen molar-refractivity contribution in [3.63, 3.8) is 0 Å². The highest BCUT2D eigenvalue weighted by molar-refractivity contribution is 7.92. The molecule has 3 aromatic carbocycles. The minimum absolute atomic E-state index is 0.0483. The van der Waals surface area contributed by atoms with Crippen molar-refractivity contribution in [2.75, 3.05) is 10.0 Å². The molecule has 0 unspecified atom stereocenters. The summed E-state index contributed by atoms with van der Waals surface area (Å²) in [6.45, 7) is 0. The second kappa shape index (κ2) is 9.13. The number of nitrogens with one attached hydrogen (secondary N) is 2. The number of benzene rings is 3. The Labute approximate surface area is 179 Å². The highest BCUT2D eigenvalue weighted by atomic mass is 35.5. The van der Waals surface area contributed by atoms with Gasteiger partial charge < -0.3 is 5.32 Å². The van der Waals surface area contributed by atoms with Crippen LogP contribution in [0.1, 0.15) is 5.56 Å². The predicted molar refractivity (Wildman–Crippen MR) is 118 cm³/mol. The SMILES string of the molecule is O=C(/C=C/c1ccc(Cl)cc1)Nc1ccc(S(=O)(=O)Nc2ccccc2Cl)cc1. The van der Waals surface area contributed by atoms with Crippen molar-refractivity contribution in [1.82, 2.24) is 0 Å². The lowest BCUT2D eigenvalue weighted by Crippen LogP contribution is -2.13. The molecular weight excluding hydrogens is 431 g/mol. The van der Waals surface area contributed by atoms with Crippen molar-refractivity contribution >= 4 is 56.6 Å². The van der Waals surface area contributed by atoms with E-state index >= 15 is 0 Å². The number of rotatable bonds is 6.